The molecule has 5 rings (SSSR count). The number of rotatable bonds is 9. The van der Waals surface area contributed by atoms with Gasteiger partial charge in [0.25, 0.3) is 5.91 Å². The van der Waals surface area contributed by atoms with E-state index in [2.05, 4.69) is 31.5 Å². The molecule has 10 heteroatoms. The first kappa shape index (κ1) is 30.2. The largest absolute Gasteiger partial charge is 0.385 e. The van der Waals surface area contributed by atoms with Crippen LogP contribution in [0.25, 0.3) is 11.3 Å². The Bertz CT molecular complexity index is 1300. The summed E-state index contributed by atoms with van der Waals surface area (Å²) in [6.07, 6.45) is 6.07. The van der Waals surface area contributed by atoms with E-state index in [1.807, 2.05) is 39.8 Å². The van der Waals surface area contributed by atoms with E-state index in [0.717, 1.165) is 65.8 Å². The summed E-state index contributed by atoms with van der Waals surface area (Å²) in [7, 11) is 1.63. The normalized spacial score (nSPS) is 23.6. The summed E-state index contributed by atoms with van der Waals surface area (Å²) in [6, 6.07) is 9.84. The molecule has 0 spiro atoms. The second-order valence-electron chi connectivity index (χ2n) is 12.3. The number of imidazole rings is 1. The van der Waals surface area contributed by atoms with Crippen LogP contribution in [0.5, 0.6) is 0 Å². The van der Waals surface area contributed by atoms with Crippen molar-refractivity contribution >= 4 is 29.0 Å². The fourth-order valence-corrected chi connectivity index (χ4v) is 8.19. The van der Waals surface area contributed by atoms with Gasteiger partial charge in [-0.2, -0.15) is 0 Å². The van der Waals surface area contributed by atoms with Crippen molar-refractivity contribution in [3.8, 4) is 11.3 Å². The molecule has 1 amide bonds. The molecule has 1 aromatic carbocycles. The molecule has 2 fully saturated rings. The predicted octanol–water partition coefficient (Wildman–Crippen LogP) is 5.39. The molecule has 1 saturated carbocycles. The van der Waals surface area contributed by atoms with Gasteiger partial charge in [-0.25, -0.2) is 9.97 Å². The maximum Gasteiger partial charge on any atom is 0.275 e. The summed E-state index contributed by atoms with van der Waals surface area (Å²) < 4.78 is 8.59. The number of carbonyl (C=O) groups is 1. The lowest BCUT2D eigenvalue weighted by atomic mass is 9.80. The Balaban J connectivity index is 1.39. The number of aliphatic hydroxyl groups is 1. The summed E-state index contributed by atoms with van der Waals surface area (Å²) >= 11 is 3.47. The third kappa shape index (κ3) is 6.72. The zero-order valence-corrected chi connectivity index (χ0v) is 26.3. The third-order valence-corrected chi connectivity index (χ3v) is 10.3. The third-order valence-electron chi connectivity index (χ3n) is 8.27. The fraction of sp³-hybridized carbons (Fsp3) is 0.581. The maximum atomic E-state index is 14.3. The van der Waals surface area contributed by atoms with Crippen LogP contribution in [0, 0.1) is 0 Å². The number of benzene rings is 1. The zero-order chi connectivity index (χ0) is 29.0. The number of amides is 1. The molecule has 0 radical (unpaired) electrons. The number of carbonyl (C=O) groups excluding carboxylic acids is 1. The second-order valence-corrected chi connectivity index (χ2v) is 14.5. The van der Waals surface area contributed by atoms with Gasteiger partial charge < -0.3 is 24.6 Å². The highest BCUT2D eigenvalue weighted by Crippen LogP contribution is 2.41. The van der Waals surface area contributed by atoms with Gasteiger partial charge in [0.05, 0.1) is 30.4 Å². The Hall–Kier alpha value is -2.24. The zero-order valence-electron chi connectivity index (χ0n) is 24.6. The van der Waals surface area contributed by atoms with Crippen molar-refractivity contribution in [3.63, 3.8) is 0 Å². The molecule has 2 aliphatic rings. The first-order valence-corrected chi connectivity index (χ1v) is 16.5. The average Bonchev–Trinajstić information content (AvgIpc) is 3.62. The number of hydrogen-bond donors (Lipinski definition) is 2. The molecule has 1 aliphatic carbocycles. The van der Waals surface area contributed by atoms with Gasteiger partial charge >= 0.3 is 0 Å². The highest BCUT2D eigenvalue weighted by atomic mass is 32.2. The van der Waals surface area contributed by atoms with Gasteiger partial charge in [-0.15, -0.1) is 11.3 Å². The standard InChI is InChI=1S/C31H43N5O3S2/c1-30(2,3)24-19-41-29(34-24)40-17-13-23-18-32-15-16-35(23)28(37)26-27(22-10-6-5-7-11-22)36(21-33-26)25-12-8-9-14-31(25,38)20-39-4/h5-7,10-11,19,21,23,25,32,38H,8-9,12-18,20H2,1-4H3/t23-,25-,31-/m1/s1. The highest BCUT2D eigenvalue weighted by Gasteiger charge is 2.42. The molecule has 0 unspecified atom stereocenters. The Morgan fingerprint density at radius 3 is 2.80 bits per heavy atom. The monoisotopic (exact) mass is 597 g/mol. The molecule has 0 bridgehead atoms. The van der Waals surface area contributed by atoms with Crippen molar-refractivity contribution in [1.82, 2.24) is 24.8 Å². The second kappa shape index (κ2) is 13.0. The predicted molar refractivity (Wildman–Crippen MR) is 166 cm³/mol. The Labute approximate surface area is 251 Å². The Kier molecular flexibility index (Phi) is 9.55. The first-order valence-electron chi connectivity index (χ1n) is 14.7. The van der Waals surface area contributed by atoms with Crippen LogP contribution in [0.15, 0.2) is 46.4 Å². The Morgan fingerprint density at radius 1 is 1.27 bits per heavy atom. The fourth-order valence-electron chi connectivity index (χ4n) is 6.03. The number of thioether (sulfide) groups is 1. The van der Waals surface area contributed by atoms with E-state index in [9.17, 15) is 9.90 Å². The van der Waals surface area contributed by atoms with Crippen LogP contribution < -0.4 is 5.32 Å². The maximum absolute atomic E-state index is 14.3. The first-order chi connectivity index (χ1) is 19.7. The average molecular weight is 598 g/mol. The number of nitrogens with one attached hydrogen (secondary N) is 1. The molecule has 1 saturated heterocycles. The van der Waals surface area contributed by atoms with Gasteiger partial charge in [-0.3, -0.25) is 4.79 Å². The number of aromatic nitrogens is 3. The van der Waals surface area contributed by atoms with E-state index in [1.54, 1.807) is 36.5 Å². The van der Waals surface area contributed by atoms with Crippen LogP contribution >= 0.6 is 23.1 Å². The number of methoxy groups -OCH3 is 1. The summed E-state index contributed by atoms with van der Waals surface area (Å²) in [5.74, 6) is 0.841. The quantitative estimate of drug-likeness (QED) is 0.320. The van der Waals surface area contributed by atoms with Gasteiger partial charge in [-0.05, 0) is 19.3 Å². The van der Waals surface area contributed by atoms with E-state index in [0.29, 0.717) is 18.7 Å². The molecule has 3 atom stereocenters. The Morgan fingerprint density at radius 2 is 2.07 bits per heavy atom. The van der Waals surface area contributed by atoms with Gasteiger partial charge in [0, 0.05) is 54.9 Å². The number of piperazine rings is 1. The van der Waals surface area contributed by atoms with Crippen molar-refractivity contribution < 1.29 is 14.6 Å². The van der Waals surface area contributed by atoms with Gasteiger partial charge in [0.2, 0.25) is 0 Å². The van der Waals surface area contributed by atoms with Gasteiger partial charge in [0.1, 0.15) is 9.94 Å². The van der Waals surface area contributed by atoms with Gasteiger partial charge in [-0.1, -0.05) is 75.7 Å². The van der Waals surface area contributed by atoms with Crippen molar-refractivity contribution in [2.24, 2.45) is 0 Å². The molecular weight excluding hydrogens is 555 g/mol. The molecule has 8 nitrogen and oxygen atoms in total. The SMILES string of the molecule is COC[C@]1(O)CCCC[C@H]1n1cnc(C(=O)N2CCNC[C@H]2CCSc2nc(C(C)(C)C)cs2)c1-c1ccccc1. The van der Waals surface area contributed by atoms with Crippen molar-refractivity contribution in [3.05, 3.63) is 53.4 Å². The molecule has 3 heterocycles. The summed E-state index contributed by atoms with van der Waals surface area (Å²) in [5, 5.41) is 17.3. The smallest absolute Gasteiger partial charge is 0.275 e. The van der Waals surface area contributed by atoms with Crippen LogP contribution in [0.3, 0.4) is 0 Å². The highest BCUT2D eigenvalue weighted by molar-refractivity contribution is 8.01. The topological polar surface area (TPSA) is 92.5 Å². The molecule has 2 aromatic heterocycles. The van der Waals surface area contributed by atoms with E-state index in [-0.39, 0.29) is 30.0 Å². The summed E-state index contributed by atoms with van der Waals surface area (Å²) in [6.45, 7) is 8.96. The molecule has 1 aliphatic heterocycles. The minimum absolute atomic E-state index is 0.0442. The van der Waals surface area contributed by atoms with Crippen LogP contribution in [0.4, 0.5) is 0 Å². The van der Waals surface area contributed by atoms with E-state index in [1.165, 1.54) is 0 Å². The number of hydrogen-bond acceptors (Lipinski definition) is 8. The van der Waals surface area contributed by atoms with Crippen LogP contribution in [0.2, 0.25) is 0 Å². The minimum atomic E-state index is -1.00. The van der Waals surface area contributed by atoms with Crippen molar-refractivity contribution in [1.29, 1.82) is 0 Å². The molecular formula is C31H43N5O3S2. The van der Waals surface area contributed by atoms with Crippen LogP contribution in [-0.4, -0.2) is 81.2 Å². The lowest BCUT2D eigenvalue weighted by Crippen LogP contribution is -2.54. The summed E-state index contributed by atoms with van der Waals surface area (Å²) in [5.41, 5.74) is 2.33. The van der Waals surface area contributed by atoms with E-state index >= 15 is 0 Å². The van der Waals surface area contributed by atoms with E-state index in [4.69, 9.17) is 14.7 Å². The molecule has 3 aromatic rings. The van der Waals surface area contributed by atoms with Gasteiger partial charge in [0.15, 0.2) is 5.69 Å². The minimum Gasteiger partial charge on any atom is -0.385 e. The lowest BCUT2D eigenvalue weighted by Gasteiger charge is -2.41. The number of thiazole rings is 1. The molecule has 41 heavy (non-hydrogen) atoms. The lowest BCUT2D eigenvalue weighted by molar-refractivity contribution is -0.0893. The van der Waals surface area contributed by atoms with Crippen LogP contribution in [-0.2, 0) is 10.2 Å². The number of ether oxygens (including phenoxy) is 1. The van der Waals surface area contributed by atoms with Crippen LogP contribution in [0.1, 0.15) is 75.1 Å². The molecule has 222 valence electrons. The van der Waals surface area contributed by atoms with E-state index < -0.39 is 5.60 Å². The molecule has 2 N–H and O–H groups in total. The summed E-state index contributed by atoms with van der Waals surface area (Å²) in [4.78, 5) is 25.8. The van der Waals surface area contributed by atoms with Crippen molar-refractivity contribution in [2.75, 3.05) is 39.1 Å². The van der Waals surface area contributed by atoms with Crippen molar-refractivity contribution in [2.45, 2.75) is 80.3 Å². The number of nitrogens with zero attached hydrogens (tertiary/aromatic N) is 4.